The Labute approximate surface area is 176 Å². The number of rotatable bonds is 7. The number of anilines is 1. The Morgan fingerprint density at radius 1 is 1.20 bits per heavy atom. The van der Waals surface area contributed by atoms with Crippen LogP contribution in [0.4, 0.5) is 5.69 Å². The summed E-state index contributed by atoms with van der Waals surface area (Å²) in [7, 11) is 3.47. The van der Waals surface area contributed by atoms with Gasteiger partial charge in [0.2, 0.25) is 5.91 Å². The Hall–Kier alpha value is -2.93. The Kier molecular flexibility index (Phi) is 7.05. The maximum Gasteiger partial charge on any atom is 0.263 e. The van der Waals surface area contributed by atoms with Gasteiger partial charge in [-0.1, -0.05) is 12.1 Å². The van der Waals surface area contributed by atoms with E-state index in [-0.39, 0.29) is 23.1 Å². The average molecular weight is 412 g/mol. The number of benzene rings is 1. The van der Waals surface area contributed by atoms with Gasteiger partial charge in [0, 0.05) is 39.0 Å². The zero-order valence-electron chi connectivity index (χ0n) is 17.8. The van der Waals surface area contributed by atoms with Crippen molar-refractivity contribution in [2.75, 3.05) is 26.0 Å². The first kappa shape index (κ1) is 21.8. The number of aryl methyl sites for hydroxylation is 2. The first-order valence-electron chi connectivity index (χ1n) is 10.3. The van der Waals surface area contributed by atoms with Gasteiger partial charge in [0.1, 0.15) is 5.56 Å². The third kappa shape index (κ3) is 5.36. The molecule has 160 valence electrons. The molecule has 1 aromatic carbocycles. The largest absolute Gasteiger partial charge is 0.376 e. The van der Waals surface area contributed by atoms with Gasteiger partial charge in [-0.25, -0.2) is 0 Å². The van der Waals surface area contributed by atoms with Crippen molar-refractivity contribution in [2.45, 2.75) is 45.3 Å². The van der Waals surface area contributed by atoms with E-state index in [0.29, 0.717) is 30.6 Å². The molecule has 7 heteroatoms. The molecule has 0 aliphatic carbocycles. The molecule has 1 unspecified atom stereocenters. The molecular formula is C23H29N3O4. The Morgan fingerprint density at radius 3 is 2.57 bits per heavy atom. The highest BCUT2D eigenvalue weighted by Crippen LogP contribution is 2.15. The maximum absolute atomic E-state index is 12.9. The number of hydrogen-bond donors (Lipinski definition) is 1. The number of nitrogens with one attached hydrogen (secondary N) is 1. The summed E-state index contributed by atoms with van der Waals surface area (Å²) in [5.74, 6) is -0.346. The number of carbonyl (C=O) groups is 2. The van der Waals surface area contributed by atoms with E-state index in [4.69, 9.17) is 4.74 Å². The van der Waals surface area contributed by atoms with Crippen molar-refractivity contribution in [3.8, 4) is 0 Å². The lowest BCUT2D eigenvalue weighted by atomic mass is 10.1. The number of nitrogens with zero attached hydrogens (tertiary/aromatic N) is 2. The van der Waals surface area contributed by atoms with Crippen LogP contribution < -0.4 is 10.9 Å². The van der Waals surface area contributed by atoms with E-state index in [1.165, 1.54) is 0 Å². The molecule has 1 saturated heterocycles. The lowest BCUT2D eigenvalue weighted by Gasteiger charge is -2.14. The number of pyridine rings is 1. The number of aromatic nitrogens is 1. The highest BCUT2D eigenvalue weighted by molar-refractivity contribution is 6.05. The van der Waals surface area contributed by atoms with Crippen molar-refractivity contribution < 1.29 is 14.3 Å². The summed E-state index contributed by atoms with van der Waals surface area (Å²) in [6, 6.07) is 9.13. The normalized spacial score (nSPS) is 15.8. The second-order valence-electron chi connectivity index (χ2n) is 7.91. The van der Waals surface area contributed by atoms with E-state index < -0.39 is 5.91 Å². The van der Waals surface area contributed by atoms with Crippen molar-refractivity contribution in [1.82, 2.24) is 9.47 Å². The molecule has 7 nitrogen and oxygen atoms in total. The molecule has 3 rings (SSSR count). The highest BCUT2D eigenvalue weighted by atomic mass is 16.5. The van der Waals surface area contributed by atoms with Gasteiger partial charge >= 0.3 is 0 Å². The first-order valence-corrected chi connectivity index (χ1v) is 10.3. The van der Waals surface area contributed by atoms with Gasteiger partial charge in [-0.2, -0.15) is 0 Å². The minimum atomic E-state index is -0.422. The van der Waals surface area contributed by atoms with Crippen LogP contribution in [-0.2, 0) is 22.5 Å². The van der Waals surface area contributed by atoms with Crippen LogP contribution in [-0.4, -0.2) is 48.1 Å². The van der Waals surface area contributed by atoms with Crippen LogP contribution in [0.15, 0.2) is 41.3 Å². The Bertz CT molecular complexity index is 957. The minimum Gasteiger partial charge on any atom is -0.376 e. The standard InChI is InChI=1S/C23H29N3O4/c1-16-12-13-26(15-19-5-4-14-30-19)23(29)21(16)22(28)24-18-9-6-17(7-10-18)8-11-20(27)25(2)3/h6-7,9-10,12-13,19H,4-5,8,11,14-15H2,1-3H3,(H,24,28). The smallest absolute Gasteiger partial charge is 0.263 e. The van der Waals surface area contributed by atoms with Gasteiger partial charge in [0.05, 0.1) is 12.6 Å². The molecule has 1 aliphatic rings. The van der Waals surface area contributed by atoms with Crippen molar-refractivity contribution in [3.05, 3.63) is 63.6 Å². The van der Waals surface area contributed by atoms with E-state index in [1.807, 2.05) is 12.1 Å². The van der Waals surface area contributed by atoms with Crippen LogP contribution in [0, 0.1) is 6.92 Å². The van der Waals surface area contributed by atoms with E-state index in [2.05, 4.69) is 5.32 Å². The number of hydrogen-bond acceptors (Lipinski definition) is 4. The molecule has 1 aromatic heterocycles. The quantitative estimate of drug-likeness (QED) is 0.759. The van der Waals surface area contributed by atoms with Crippen LogP contribution >= 0.6 is 0 Å². The summed E-state index contributed by atoms with van der Waals surface area (Å²) >= 11 is 0. The van der Waals surface area contributed by atoms with E-state index in [9.17, 15) is 14.4 Å². The van der Waals surface area contributed by atoms with Gasteiger partial charge in [0.25, 0.3) is 11.5 Å². The van der Waals surface area contributed by atoms with Crippen molar-refractivity contribution in [3.63, 3.8) is 0 Å². The number of amides is 2. The zero-order valence-corrected chi connectivity index (χ0v) is 17.8. The third-order valence-corrected chi connectivity index (χ3v) is 5.36. The van der Waals surface area contributed by atoms with Gasteiger partial charge in [-0.05, 0) is 55.5 Å². The van der Waals surface area contributed by atoms with Gasteiger partial charge in [0.15, 0.2) is 0 Å². The molecule has 0 saturated carbocycles. The summed E-state index contributed by atoms with van der Waals surface area (Å²) < 4.78 is 7.17. The second kappa shape index (κ2) is 9.71. The third-order valence-electron chi connectivity index (χ3n) is 5.36. The van der Waals surface area contributed by atoms with Crippen LogP contribution in [0.3, 0.4) is 0 Å². The molecule has 2 amide bonds. The first-order chi connectivity index (χ1) is 14.3. The molecule has 2 heterocycles. The SMILES string of the molecule is Cc1ccn(CC2CCCO2)c(=O)c1C(=O)Nc1ccc(CCC(=O)N(C)C)cc1. The summed E-state index contributed by atoms with van der Waals surface area (Å²) in [5, 5.41) is 2.81. The Balaban J connectivity index is 1.68. The molecule has 1 aliphatic heterocycles. The van der Waals surface area contributed by atoms with Gasteiger partial charge < -0.3 is 19.5 Å². The molecule has 0 radical (unpaired) electrons. The Morgan fingerprint density at radius 2 is 1.93 bits per heavy atom. The highest BCUT2D eigenvalue weighted by Gasteiger charge is 2.20. The average Bonchev–Trinajstić information content (AvgIpc) is 3.22. The molecule has 30 heavy (non-hydrogen) atoms. The van der Waals surface area contributed by atoms with Crippen LogP contribution in [0.1, 0.15) is 40.7 Å². The van der Waals surface area contributed by atoms with Crippen molar-refractivity contribution >= 4 is 17.5 Å². The van der Waals surface area contributed by atoms with Gasteiger partial charge in [-0.3, -0.25) is 14.4 Å². The van der Waals surface area contributed by atoms with Crippen molar-refractivity contribution in [1.29, 1.82) is 0 Å². The lowest BCUT2D eigenvalue weighted by molar-refractivity contribution is -0.128. The van der Waals surface area contributed by atoms with Crippen LogP contribution in [0.2, 0.25) is 0 Å². The fraction of sp³-hybridized carbons (Fsp3) is 0.435. The second-order valence-corrected chi connectivity index (χ2v) is 7.91. The topological polar surface area (TPSA) is 80.6 Å². The minimum absolute atomic E-state index is 0.0215. The molecular weight excluding hydrogens is 382 g/mol. The molecule has 2 aromatic rings. The zero-order chi connectivity index (χ0) is 21.7. The van der Waals surface area contributed by atoms with Crippen LogP contribution in [0.5, 0.6) is 0 Å². The molecule has 1 fully saturated rings. The van der Waals surface area contributed by atoms with E-state index >= 15 is 0 Å². The molecule has 0 spiro atoms. The fourth-order valence-corrected chi connectivity index (χ4v) is 3.52. The fourth-order valence-electron chi connectivity index (χ4n) is 3.52. The van der Waals surface area contributed by atoms with E-state index in [0.717, 1.165) is 25.0 Å². The summed E-state index contributed by atoms with van der Waals surface area (Å²) in [6.45, 7) is 2.94. The predicted octanol–water partition coefficient (Wildman–Crippen LogP) is 2.61. The van der Waals surface area contributed by atoms with Gasteiger partial charge in [-0.15, -0.1) is 0 Å². The summed E-state index contributed by atoms with van der Waals surface area (Å²) in [5.41, 5.74) is 2.10. The van der Waals surface area contributed by atoms with Crippen LogP contribution in [0.25, 0.3) is 0 Å². The number of ether oxygens (including phenoxy) is 1. The lowest BCUT2D eigenvalue weighted by Crippen LogP contribution is -2.32. The molecule has 0 bridgehead atoms. The van der Waals surface area contributed by atoms with Crippen molar-refractivity contribution in [2.24, 2.45) is 0 Å². The monoisotopic (exact) mass is 411 g/mol. The number of carbonyl (C=O) groups excluding carboxylic acids is 2. The molecule has 1 N–H and O–H groups in total. The maximum atomic E-state index is 12.9. The molecule has 1 atom stereocenters. The van der Waals surface area contributed by atoms with E-state index in [1.54, 1.807) is 54.9 Å². The summed E-state index contributed by atoms with van der Waals surface area (Å²) in [6.07, 6.45) is 4.74. The summed E-state index contributed by atoms with van der Waals surface area (Å²) in [4.78, 5) is 39.0. The predicted molar refractivity (Wildman–Crippen MR) is 116 cm³/mol.